The van der Waals surface area contributed by atoms with E-state index in [2.05, 4.69) is 59.9 Å². The smallest absolute Gasteiger partial charge is 0.0897 e. The average Bonchev–Trinajstić information content (AvgIpc) is 3.04. The Kier molecular flexibility index (Phi) is 4.15. The first-order chi connectivity index (χ1) is 9.76. The van der Waals surface area contributed by atoms with Crippen molar-refractivity contribution in [2.45, 2.75) is 26.3 Å². The monoisotopic (exact) mass is 302 g/mol. The number of hydrogen-bond acceptors (Lipinski definition) is 4. The van der Waals surface area contributed by atoms with E-state index in [0.717, 1.165) is 18.0 Å². The highest BCUT2D eigenvalue weighted by molar-refractivity contribution is 7.19. The second-order valence-corrected chi connectivity index (χ2v) is 7.04. The van der Waals surface area contributed by atoms with Gasteiger partial charge in [0.2, 0.25) is 0 Å². The van der Waals surface area contributed by atoms with E-state index in [1.165, 1.54) is 20.7 Å². The van der Waals surface area contributed by atoms with Crippen LogP contribution >= 0.6 is 22.7 Å². The second kappa shape index (κ2) is 6.04. The second-order valence-electron chi connectivity index (χ2n) is 4.86. The van der Waals surface area contributed by atoms with Gasteiger partial charge in [-0.1, -0.05) is 25.1 Å². The van der Waals surface area contributed by atoms with Gasteiger partial charge in [0.1, 0.15) is 0 Å². The molecule has 0 saturated carbocycles. The molecular formula is C16H18N2S2. The standard InChI is InChI=1S/C16H18N2S2/c1-3-17-14(9-13-10-19-11(2)18-13)16-8-12-6-4-5-7-15(12)20-16/h4-8,10,14,17H,3,9H2,1-2H3. The summed E-state index contributed by atoms with van der Waals surface area (Å²) in [5, 5.41) is 8.25. The molecule has 3 rings (SSSR count). The topological polar surface area (TPSA) is 24.9 Å². The number of nitrogens with one attached hydrogen (secondary N) is 1. The minimum Gasteiger partial charge on any atom is -0.309 e. The molecule has 1 atom stereocenters. The SMILES string of the molecule is CCNC(Cc1csc(C)n1)c1cc2ccccc2s1. The highest BCUT2D eigenvalue weighted by atomic mass is 32.1. The normalized spacial score (nSPS) is 12.9. The molecule has 0 aliphatic rings. The molecule has 4 heteroatoms. The number of fused-ring (bicyclic) bond motifs is 1. The summed E-state index contributed by atoms with van der Waals surface area (Å²) in [6.45, 7) is 5.20. The van der Waals surface area contributed by atoms with Gasteiger partial charge >= 0.3 is 0 Å². The largest absolute Gasteiger partial charge is 0.309 e. The molecule has 2 nitrogen and oxygen atoms in total. The van der Waals surface area contributed by atoms with Crippen LogP contribution in [0.5, 0.6) is 0 Å². The van der Waals surface area contributed by atoms with Crippen molar-refractivity contribution >= 4 is 32.8 Å². The molecule has 20 heavy (non-hydrogen) atoms. The first-order valence-corrected chi connectivity index (χ1v) is 8.58. The first-order valence-electron chi connectivity index (χ1n) is 6.89. The van der Waals surface area contributed by atoms with Gasteiger partial charge in [-0.05, 0) is 31.0 Å². The molecule has 2 heterocycles. The van der Waals surface area contributed by atoms with Crippen molar-refractivity contribution in [3.8, 4) is 0 Å². The number of aryl methyl sites for hydroxylation is 1. The zero-order valence-electron chi connectivity index (χ0n) is 11.7. The van der Waals surface area contributed by atoms with Crippen LogP contribution in [0.2, 0.25) is 0 Å². The molecule has 0 aliphatic carbocycles. The van der Waals surface area contributed by atoms with E-state index in [9.17, 15) is 0 Å². The number of nitrogens with zero attached hydrogens (tertiary/aromatic N) is 1. The van der Waals surface area contributed by atoms with Crippen molar-refractivity contribution in [2.75, 3.05) is 6.54 Å². The summed E-state index contributed by atoms with van der Waals surface area (Å²) >= 11 is 3.61. The van der Waals surface area contributed by atoms with Gasteiger partial charge in [-0.2, -0.15) is 0 Å². The maximum atomic E-state index is 4.60. The Morgan fingerprint density at radius 1 is 1.30 bits per heavy atom. The van der Waals surface area contributed by atoms with Crippen molar-refractivity contribution in [2.24, 2.45) is 0 Å². The third-order valence-electron chi connectivity index (χ3n) is 3.32. The van der Waals surface area contributed by atoms with Crippen LogP contribution < -0.4 is 5.32 Å². The van der Waals surface area contributed by atoms with Crippen LogP contribution in [0.1, 0.15) is 28.5 Å². The van der Waals surface area contributed by atoms with Crippen LogP contribution in [0.4, 0.5) is 0 Å². The van der Waals surface area contributed by atoms with Crippen LogP contribution in [0.25, 0.3) is 10.1 Å². The highest BCUT2D eigenvalue weighted by Crippen LogP contribution is 2.31. The maximum absolute atomic E-state index is 4.60. The first kappa shape index (κ1) is 13.7. The molecular weight excluding hydrogens is 284 g/mol. The summed E-state index contributed by atoms with van der Waals surface area (Å²) in [4.78, 5) is 6.00. The summed E-state index contributed by atoms with van der Waals surface area (Å²) in [5.41, 5.74) is 1.19. The molecule has 1 aromatic carbocycles. The lowest BCUT2D eigenvalue weighted by Gasteiger charge is -2.14. The van der Waals surface area contributed by atoms with E-state index in [-0.39, 0.29) is 0 Å². The van der Waals surface area contributed by atoms with Crippen molar-refractivity contribution in [3.63, 3.8) is 0 Å². The summed E-state index contributed by atoms with van der Waals surface area (Å²) < 4.78 is 1.36. The third-order valence-corrected chi connectivity index (χ3v) is 5.37. The molecule has 0 radical (unpaired) electrons. The molecule has 0 fully saturated rings. The highest BCUT2D eigenvalue weighted by Gasteiger charge is 2.15. The zero-order chi connectivity index (χ0) is 13.9. The number of hydrogen-bond donors (Lipinski definition) is 1. The van der Waals surface area contributed by atoms with Crippen LogP contribution in [-0.4, -0.2) is 11.5 Å². The molecule has 0 spiro atoms. The van der Waals surface area contributed by atoms with E-state index in [0.29, 0.717) is 6.04 Å². The Morgan fingerprint density at radius 2 is 2.15 bits per heavy atom. The summed E-state index contributed by atoms with van der Waals surface area (Å²) in [6.07, 6.45) is 0.963. The van der Waals surface area contributed by atoms with E-state index >= 15 is 0 Å². The van der Waals surface area contributed by atoms with Gasteiger partial charge < -0.3 is 5.32 Å². The Hall–Kier alpha value is -1.23. The number of rotatable bonds is 5. The van der Waals surface area contributed by atoms with Gasteiger partial charge in [-0.25, -0.2) is 4.98 Å². The minimum atomic E-state index is 0.360. The fourth-order valence-corrected chi connectivity index (χ4v) is 4.17. The lowest BCUT2D eigenvalue weighted by molar-refractivity contribution is 0.553. The zero-order valence-corrected chi connectivity index (χ0v) is 13.4. The molecule has 0 aliphatic heterocycles. The van der Waals surface area contributed by atoms with E-state index in [4.69, 9.17) is 0 Å². The minimum absolute atomic E-state index is 0.360. The third kappa shape index (κ3) is 2.92. The molecule has 0 amide bonds. The molecule has 1 N–H and O–H groups in total. The number of thiophene rings is 1. The van der Waals surface area contributed by atoms with Crippen molar-refractivity contribution in [3.05, 3.63) is 51.3 Å². The van der Waals surface area contributed by atoms with Crippen molar-refractivity contribution in [1.29, 1.82) is 0 Å². The molecule has 2 aromatic heterocycles. The Balaban J connectivity index is 1.89. The quantitative estimate of drug-likeness (QED) is 0.747. The molecule has 1 unspecified atom stereocenters. The predicted octanol–water partition coefficient (Wildman–Crippen LogP) is 4.56. The van der Waals surface area contributed by atoms with Gasteiger partial charge in [0.05, 0.1) is 10.7 Å². The van der Waals surface area contributed by atoms with Crippen LogP contribution in [-0.2, 0) is 6.42 Å². The van der Waals surface area contributed by atoms with Crippen molar-refractivity contribution in [1.82, 2.24) is 10.3 Å². The van der Waals surface area contributed by atoms with E-state index in [1.807, 2.05) is 11.3 Å². The van der Waals surface area contributed by atoms with Gasteiger partial charge in [0, 0.05) is 27.4 Å². The Labute approximate surface area is 127 Å². The Morgan fingerprint density at radius 3 is 2.85 bits per heavy atom. The summed E-state index contributed by atoms with van der Waals surface area (Å²) in [6, 6.07) is 11.3. The average molecular weight is 302 g/mol. The Bertz CT molecular complexity index is 666. The van der Waals surface area contributed by atoms with Gasteiger partial charge in [0.25, 0.3) is 0 Å². The van der Waals surface area contributed by atoms with E-state index in [1.54, 1.807) is 11.3 Å². The lowest BCUT2D eigenvalue weighted by Crippen LogP contribution is -2.22. The molecule has 0 saturated heterocycles. The molecule has 0 bridgehead atoms. The van der Waals surface area contributed by atoms with Crippen LogP contribution in [0, 0.1) is 6.92 Å². The van der Waals surface area contributed by atoms with Gasteiger partial charge in [-0.15, -0.1) is 22.7 Å². The molecule has 104 valence electrons. The molecule has 3 aromatic rings. The van der Waals surface area contributed by atoms with Crippen LogP contribution in [0.15, 0.2) is 35.7 Å². The van der Waals surface area contributed by atoms with Crippen LogP contribution in [0.3, 0.4) is 0 Å². The number of aromatic nitrogens is 1. The summed E-state index contributed by atoms with van der Waals surface area (Å²) in [5.74, 6) is 0. The van der Waals surface area contributed by atoms with Gasteiger partial charge in [0.15, 0.2) is 0 Å². The fourth-order valence-electron chi connectivity index (χ4n) is 2.41. The number of thiazole rings is 1. The lowest BCUT2D eigenvalue weighted by atomic mass is 10.1. The fraction of sp³-hybridized carbons (Fsp3) is 0.312. The van der Waals surface area contributed by atoms with Gasteiger partial charge in [-0.3, -0.25) is 0 Å². The number of benzene rings is 1. The maximum Gasteiger partial charge on any atom is 0.0897 e. The summed E-state index contributed by atoms with van der Waals surface area (Å²) in [7, 11) is 0. The van der Waals surface area contributed by atoms with E-state index < -0.39 is 0 Å². The number of likely N-dealkylation sites (N-methyl/N-ethyl adjacent to an activating group) is 1. The van der Waals surface area contributed by atoms with Crippen molar-refractivity contribution < 1.29 is 0 Å². The predicted molar refractivity (Wildman–Crippen MR) is 88.8 cm³/mol.